The van der Waals surface area contributed by atoms with Gasteiger partial charge in [0.2, 0.25) is 5.76 Å². The third-order valence-electron chi connectivity index (χ3n) is 3.43. The summed E-state index contributed by atoms with van der Waals surface area (Å²) in [6.07, 6.45) is 10.4. The first-order chi connectivity index (χ1) is 8.74. The largest absolute Gasteiger partial charge is 0.501 e. The van der Waals surface area contributed by atoms with E-state index in [9.17, 15) is 9.90 Å². The van der Waals surface area contributed by atoms with Crippen LogP contribution in [0.15, 0.2) is 34.6 Å². The van der Waals surface area contributed by atoms with Gasteiger partial charge in [-0.3, -0.25) is 0 Å². The number of carbonyl (C=O) groups is 1. The lowest BCUT2D eigenvalue weighted by Crippen LogP contribution is -2.11. The van der Waals surface area contributed by atoms with Crippen LogP contribution in [0.2, 0.25) is 0 Å². The van der Waals surface area contributed by atoms with Crippen molar-refractivity contribution in [3.05, 3.63) is 34.6 Å². The van der Waals surface area contributed by atoms with Crippen LogP contribution >= 0.6 is 0 Å². The molecule has 0 bridgehead atoms. The van der Waals surface area contributed by atoms with Crippen LogP contribution in [0.3, 0.4) is 0 Å². The number of hydrogen-bond acceptors (Lipinski definition) is 3. The first-order valence-corrected chi connectivity index (χ1v) is 6.73. The molecule has 0 fully saturated rings. The summed E-state index contributed by atoms with van der Waals surface area (Å²) in [5, 5.41) is 10.2. The third kappa shape index (κ3) is 2.66. The van der Waals surface area contributed by atoms with Crippen molar-refractivity contribution < 1.29 is 14.6 Å². The fourth-order valence-electron chi connectivity index (χ4n) is 2.61. The van der Waals surface area contributed by atoms with Crippen LogP contribution < -0.4 is 0 Å². The number of aliphatic hydroxyl groups is 1. The molecular formula is C15H20O3. The van der Waals surface area contributed by atoms with Crippen molar-refractivity contribution in [3.63, 3.8) is 0 Å². The van der Waals surface area contributed by atoms with Crippen molar-refractivity contribution in [2.45, 2.75) is 45.4 Å². The van der Waals surface area contributed by atoms with E-state index >= 15 is 0 Å². The Kier molecular flexibility index (Phi) is 4.24. The number of esters is 1. The van der Waals surface area contributed by atoms with Gasteiger partial charge in [-0.1, -0.05) is 12.2 Å². The van der Waals surface area contributed by atoms with Crippen molar-refractivity contribution >= 4 is 5.97 Å². The maximum atomic E-state index is 11.7. The highest BCUT2D eigenvalue weighted by atomic mass is 16.5. The lowest BCUT2D eigenvalue weighted by atomic mass is 9.95. The van der Waals surface area contributed by atoms with Crippen LogP contribution in [0.1, 0.15) is 45.4 Å². The molecule has 0 heterocycles. The van der Waals surface area contributed by atoms with Crippen LogP contribution in [0.4, 0.5) is 0 Å². The van der Waals surface area contributed by atoms with E-state index in [1.54, 1.807) is 6.92 Å². The van der Waals surface area contributed by atoms with Gasteiger partial charge in [0.1, 0.15) is 0 Å². The second kappa shape index (κ2) is 5.89. The average molecular weight is 248 g/mol. The van der Waals surface area contributed by atoms with Crippen molar-refractivity contribution in [1.29, 1.82) is 0 Å². The third-order valence-corrected chi connectivity index (χ3v) is 3.43. The van der Waals surface area contributed by atoms with E-state index in [0.717, 1.165) is 55.2 Å². The van der Waals surface area contributed by atoms with E-state index in [4.69, 9.17) is 4.74 Å². The van der Waals surface area contributed by atoms with Gasteiger partial charge in [0, 0.05) is 5.57 Å². The number of hydrogen-bond donors (Lipinski definition) is 1. The Bertz CT molecular complexity index is 401. The zero-order valence-corrected chi connectivity index (χ0v) is 10.9. The van der Waals surface area contributed by atoms with Gasteiger partial charge >= 0.3 is 5.97 Å². The van der Waals surface area contributed by atoms with Crippen molar-refractivity contribution in [3.8, 4) is 0 Å². The van der Waals surface area contributed by atoms with E-state index in [-0.39, 0.29) is 12.4 Å². The molecule has 0 spiro atoms. The molecule has 0 aliphatic heterocycles. The molecule has 0 aromatic heterocycles. The summed E-state index contributed by atoms with van der Waals surface area (Å²) in [6, 6.07) is 0. The van der Waals surface area contributed by atoms with Crippen LogP contribution in [0.25, 0.3) is 0 Å². The molecule has 0 radical (unpaired) electrons. The number of aliphatic hydroxyl groups excluding tert-OH is 1. The fourth-order valence-corrected chi connectivity index (χ4v) is 2.61. The van der Waals surface area contributed by atoms with Crippen molar-refractivity contribution in [2.75, 3.05) is 6.61 Å². The second-order valence-electron chi connectivity index (χ2n) is 4.69. The summed E-state index contributed by atoms with van der Waals surface area (Å²) in [5.74, 6) is -0.814. The highest BCUT2D eigenvalue weighted by Crippen LogP contribution is 2.36. The first-order valence-electron chi connectivity index (χ1n) is 6.73. The van der Waals surface area contributed by atoms with Gasteiger partial charge in [0.15, 0.2) is 0 Å². The molecule has 0 amide bonds. The lowest BCUT2D eigenvalue weighted by molar-refractivity contribution is -0.141. The van der Waals surface area contributed by atoms with Crippen LogP contribution in [0.5, 0.6) is 0 Å². The summed E-state index contributed by atoms with van der Waals surface area (Å²) in [5.41, 5.74) is 2.95. The normalized spacial score (nSPS) is 18.3. The smallest absolute Gasteiger partial charge is 0.374 e. The summed E-state index contributed by atoms with van der Waals surface area (Å²) >= 11 is 0. The maximum absolute atomic E-state index is 11.7. The molecule has 0 atom stereocenters. The number of ether oxygens (including phenoxy) is 1. The van der Waals surface area contributed by atoms with E-state index in [2.05, 4.69) is 12.2 Å². The number of rotatable bonds is 4. The predicted octanol–water partition coefficient (Wildman–Crippen LogP) is 3.58. The number of carbonyl (C=O) groups excluding carboxylic acids is 1. The zero-order valence-electron chi connectivity index (χ0n) is 10.9. The molecule has 3 nitrogen and oxygen atoms in total. The summed E-state index contributed by atoms with van der Waals surface area (Å²) in [7, 11) is 0. The molecule has 0 aromatic carbocycles. The fraction of sp³-hybridized carbons (Fsp3) is 0.533. The Labute approximate surface area is 108 Å². The van der Waals surface area contributed by atoms with E-state index in [0.29, 0.717) is 0 Å². The SMILES string of the molecule is CCOC(=O)C(O)=C(C1=CCCC1)C1=CCCC1. The summed E-state index contributed by atoms with van der Waals surface area (Å²) in [6.45, 7) is 2.03. The standard InChI is InChI=1S/C15H20O3/c1-2-18-15(17)14(16)13(11-7-3-4-8-11)12-9-5-6-10-12/h7,9,16H,2-6,8,10H2,1H3. The maximum Gasteiger partial charge on any atom is 0.374 e. The molecule has 18 heavy (non-hydrogen) atoms. The van der Waals surface area contributed by atoms with Crippen LogP contribution in [-0.2, 0) is 9.53 Å². The Balaban J connectivity index is 2.34. The van der Waals surface area contributed by atoms with Gasteiger partial charge in [-0.25, -0.2) is 4.79 Å². The highest BCUT2D eigenvalue weighted by molar-refractivity contribution is 5.89. The molecule has 2 aliphatic rings. The Morgan fingerprint density at radius 3 is 2.17 bits per heavy atom. The molecule has 2 rings (SSSR count). The van der Waals surface area contributed by atoms with Gasteiger partial charge in [-0.05, 0) is 56.6 Å². The molecular weight excluding hydrogens is 228 g/mol. The van der Waals surface area contributed by atoms with Gasteiger partial charge in [-0.15, -0.1) is 0 Å². The average Bonchev–Trinajstić information content (AvgIpc) is 3.02. The number of allylic oxidation sites excluding steroid dienone is 5. The molecule has 98 valence electrons. The van der Waals surface area contributed by atoms with Crippen LogP contribution in [-0.4, -0.2) is 17.7 Å². The predicted molar refractivity (Wildman–Crippen MR) is 70.2 cm³/mol. The first kappa shape index (κ1) is 12.9. The van der Waals surface area contributed by atoms with Gasteiger partial charge in [0.05, 0.1) is 6.61 Å². The minimum absolute atomic E-state index is 0.210. The minimum Gasteiger partial charge on any atom is -0.501 e. The minimum atomic E-state index is -0.604. The van der Waals surface area contributed by atoms with Crippen LogP contribution in [0, 0.1) is 0 Å². The van der Waals surface area contributed by atoms with E-state index < -0.39 is 5.97 Å². The Hall–Kier alpha value is -1.51. The molecule has 0 saturated carbocycles. The van der Waals surface area contributed by atoms with Gasteiger partial charge in [-0.2, -0.15) is 0 Å². The lowest BCUT2D eigenvalue weighted by Gasteiger charge is -2.13. The van der Waals surface area contributed by atoms with Gasteiger partial charge in [0.25, 0.3) is 0 Å². The van der Waals surface area contributed by atoms with Crippen molar-refractivity contribution in [1.82, 2.24) is 0 Å². The highest BCUT2D eigenvalue weighted by Gasteiger charge is 2.24. The monoisotopic (exact) mass is 248 g/mol. The molecule has 0 unspecified atom stereocenters. The quantitative estimate of drug-likeness (QED) is 0.470. The van der Waals surface area contributed by atoms with Crippen molar-refractivity contribution in [2.24, 2.45) is 0 Å². The summed E-state index contributed by atoms with van der Waals surface area (Å²) in [4.78, 5) is 11.7. The van der Waals surface area contributed by atoms with E-state index in [1.807, 2.05) is 0 Å². The van der Waals surface area contributed by atoms with Gasteiger partial charge < -0.3 is 9.84 Å². The second-order valence-corrected chi connectivity index (χ2v) is 4.69. The Morgan fingerprint density at radius 1 is 1.22 bits per heavy atom. The molecule has 0 saturated heterocycles. The molecule has 2 aliphatic carbocycles. The topological polar surface area (TPSA) is 46.5 Å². The van der Waals surface area contributed by atoms with E-state index in [1.165, 1.54) is 0 Å². The zero-order chi connectivity index (χ0) is 13.0. The molecule has 0 aromatic rings. The molecule has 3 heteroatoms. The molecule has 1 N–H and O–H groups in total. The Morgan fingerprint density at radius 2 is 1.78 bits per heavy atom. The summed E-state index contributed by atoms with van der Waals surface area (Å²) < 4.78 is 4.90.